The second-order valence-corrected chi connectivity index (χ2v) is 3.28. The van der Waals surface area contributed by atoms with Crippen molar-refractivity contribution in [3.8, 4) is 0 Å². The van der Waals surface area contributed by atoms with Crippen LogP contribution < -0.4 is 5.32 Å². The molecule has 0 bridgehead atoms. The Labute approximate surface area is 92.1 Å². The second-order valence-electron chi connectivity index (χ2n) is 3.28. The van der Waals surface area contributed by atoms with E-state index in [1.807, 2.05) is 0 Å². The van der Waals surface area contributed by atoms with Crippen LogP contribution in [0.25, 0.3) is 0 Å². The summed E-state index contributed by atoms with van der Waals surface area (Å²) in [5.74, 6) is -0.257. The van der Waals surface area contributed by atoms with Crippen molar-refractivity contribution in [2.24, 2.45) is 0 Å². The Kier molecular flexibility index (Phi) is 2.98. The zero-order valence-corrected chi connectivity index (χ0v) is 8.47. The third-order valence-electron chi connectivity index (χ3n) is 2.11. The average Bonchev–Trinajstić information content (AvgIpc) is 2.83. The van der Waals surface area contributed by atoms with E-state index in [9.17, 15) is 4.79 Å². The van der Waals surface area contributed by atoms with Gasteiger partial charge in [-0.3, -0.25) is 9.89 Å². The van der Waals surface area contributed by atoms with Crippen LogP contribution in [0.1, 0.15) is 16.1 Å². The highest BCUT2D eigenvalue weighted by Crippen LogP contribution is 2.11. The van der Waals surface area contributed by atoms with E-state index in [2.05, 4.69) is 15.5 Å². The highest BCUT2D eigenvalue weighted by Gasteiger charge is 2.06. The molecule has 0 aliphatic rings. The van der Waals surface area contributed by atoms with Crippen molar-refractivity contribution in [2.45, 2.75) is 6.61 Å². The number of aromatic amines is 1. The van der Waals surface area contributed by atoms with Gasteiger partial charge in [0.15, 0.2) is 0 Å². The molecule has 0 atom stereocenters. The minimum absolute atomic E-state index is 0.0478. The molecule has 1 aromatic heterocycles. The van der Waals surface area contributed by atoms with E-state index in [1.165, 1.54) is 6.20 Å². The molecule has 0 spiro atoms. The molecular weight excluding hydrogens is 206 g/mol. The maximum absolute atomic E-state index is 11.6. The molecule has 2 aromatic rings. The third-order valence-corrected chi connectivity index (χ3v) is 2.11. The van der Waals surface area contributed by atoms with Crippen LogP contribution >= 0.6 is 0 Å². The van der Waals surface area contributed by atoms with Crippen molar-refractivity contribution >= 4 is 11.6 Å². The maximum Gasteiger partial charge on any atom is 0.273 e. The Bertz CT molecular complexity index is 480. The molecule has 5 nitrogen and oxygen atoms in total. The molecule has 2 rings (SSSR count). The fourth-order valence-corrected chi connectivity index (χ4v) is 1.33. The molecule has 1 heterocycles. The van der Waals surface area contributed by atoms with Gasteiger partial charge in [0.1, 0.15) is 5.69 Å². The van der Waals surface area contributed by atoms with Gasteiger partial charge in [0, 0.05) is 11.9 Å². The van der Waals surface area contributed by atoms with Crippen LogP contribution in [0.15, 0.2) is 36.5 Å². The van der Waals surface area contributed by atoms with Gasteiger partial charge in [0.2, 0.25) is 0 Å². The Morgan fingerprint density at radius 2 is 2.31 bits per heavy atom. The van der Waals surface area contributed by atoms with E-state index in [4.69, 9.17) is 5.11 Å². The first-order chi connectivity index (χ1) is 7.79. The van der Waals surface area contributed by atoms with Crippen LogP contribution in [0, 0.1) is 0 Å². The van der Waals surface area contributed by atoms with Gasteiger partial charge < -0.3 is 10.4 Å². The fraction of sp³-hybridized carbons (Fsp3) is 0.0909. The standard InChI is InChI=1S/C11H11N3O2/c15-7-8-2-1-3-9(6-8)13-11(16)10-4-5-12-14-10/h1-6,15H,7H2,(H,12,14)(H,13,16). The highest BCUT2D eigenvalue weighted by molar-refractivity contribution is 6.02. The number of nitrogens with zero attached hydrogens (tertiary/aromatic N) is 1. The first-order valence-electron chi connectivity index (χ1n) is 4.80. The monoisotopic (exact) mass is 217 g/mol. The number of H-pyrrole nitrogens is 1. The summed E-state index contributed by atoms with van der Waals surface area (Å²) in [7, 11) is 0. The van der Waals surface area contributed by atoms with Crippen LogP contribution in [0.5, 0.6) is 0 Å². The van der Waals surface area contributed by atoms with Crippen molar-refractivity contribution in [2.75, 3.05) is 5.32 Å². The molecule has 0 fully saturated rings. The maximum atomic E-state index is 11.6. The number of carbonyl (C=O) groups excluding carboxylic acids is 1. The zero-order valence-electron chi connectivity index (χ0n) is 8.47. The van der Waals surface area contributed by atoms with E-state index in [0.717, 1.165) is 5.56 Å². The number of anilines is 1. The third kappa shape index (κ3) is 2.26. The second kappa shape index (κ2) is 4.59. The first kappa shape index (κ1) is 10.4. The van der Waals surface area contributed by atoms with Gasteiger partial charge in [0.25, 0.3) is 5.91 Å². The van der Waals surface area contributed by atoms with Gasteiger partial charge in [-0.05, 0) is 23.8 Å². The molecule has 0 unspecified atom stereocenters. The van der Waals surface area contributed by atoms with Crippen molar-refractivity contribution in [3.63, 3.8) is 0 Å². The Morgan fingerprint density at radius 1 is 1.44 bits per heavy atom. The van der Waals surface area contributed by atoms with E-state index < -0.39 is 0 Å². The van der Waals surface area contributed by atoms with Crippen molar-refractivity contribution in [3.05, 3.63) is 47.8 Å². The fourth-order valence-electron chi connectivity index (χ4n) is 1.33. The highest BCUT2D eigenvalue weighted by atomic mass is 16.3. The van der Waals surface area contributed by atoms with Crippen LogP contribution in [-0.4, -0.2) is 21.2 Å². The molecule has 0 radical (unpaired) electrons. The van der Waals surface area contributed by atoms with E-state index in [0.29, 0.717) is 11.4 Å². The quantitative estimate of drug-likeness (QED) is 0.721. The lowest BCUT2D eigenvalue weighted by Gasteiger charge is -2.04. The van der Waals surface area contributed by atoms with Gasteiger partial charge in [-0.1, -0.05) is 12.1 Å². The largest absolute Gasteiger partial charge is 0.392 e. The van der Waals surface area contributed by atoms with Crippen molar-refractivity contribution in [1.29, 1.82) is 0 Å². The summed E-state index contributed by atoms with van der Waals surface area (Å²) in [6.45, 7) is -0.0478. The van der Waals surface area contributed by atoms with Crippen LogP contribution in [0.2, 0.25) is 0 Å². The summed E-state index contributed by atoms with van der Waals surface area (Å²) in [5, 5.41) is 17.9. The Morgan fingerprint density at radius 3 is 3.00 bits per heavy atom. The predicted molar refractivity (Wildman–Crippen MR) is 58.9 cm³/mol. The van der Waals surface area contributed by atoms with E-state index in [1.54, 1.807) is 30.3 Å². The number of aromatic nitrogens is 2. The van der Waals surface area contributed by atoms with E-state index >= 15 is 0 Å². The van der Waals surface area contributed by atoms with Crippen LogP contribution in [0.4, 0.5) is 5.69 Å². The SMILES string of the molecule is O=C(Nc1cccc(CO)c1)c1ccn[nH]1. The summed E-state index contributed by atoms with van der Waals surface area (Å²) in [5.41, 5.74) is 1.79. The number of nitrogens with one attached hydrogen (secondary N) is 2. The minimum Gasteiger partial charge on any atom is -0.392 e. The smallest absolute Gasteiger partial charge is 0.273 e. The molecule has 1 aromatic carbocycles. The number of amides is 1. The lowest BCUT2D eigenvalue weighted by atomic mass is 10.2. The molecular formula is C11H11N3O2. The number of carbonyl (C=O) groups is 1. The predicted octanol–water partition coefficient (Wildman–Crippen LogP) is 1.15. The lowest BCUT2D eigenvalue weighted by Crippen LogP contribution is -2.12. The van der Waals surface area contributed by atoms with Crippen LogP contribution in [0.3, 0.4) is 0 Å². The van der Waals surface area contributed by atoms with E-state index in [-0.39, 0.29) is 12.5 Å². The van der Waals surface area contributed by atoms with Gasteiger partial charge in [-0.25, -0.2) is 0 Å². The van der Waals surface area contributed by atoms with Crippen molar-refractivity contribution < 1.29 is 9.90 Å². The van der Waals surface area contributed by atoms with Gasteiger partial charge in [-0.2, -0.15) is 5.10 Å². The molecule has 0 aliphatic carbocycles. The number of aliphatic hydroxyl groups is 1. The summed E-state index contributed by atoms with van der Waals surface area (Å²) >= 11 is 0. The average molecular weight is 217 g/mol. The molecule has 0 saturated carbocycles. The molecule has 3 N–H and O–H groups in total. The lowest BCUT2D eigenvalue weighted by molar-refractivity contribution is 0.102. The molecule has 82 valence electrons. The normalized spacial score (nSPS) is 10.1. The van der Waals surface area contributed by atoms with Gasteiger partial charge >= 0.3 is 0 Å². The Balaban J connectivity index is 2.12. The first-order valence-corrected chi connectivity index (χ1v) is 4.80. The molecule has 5 heteroatoms. The number of rotatable bonds is 3. The van der Waals surface area contributed by atoms with Crippen molar-refractivity contribution in [1.82, 2.24) is 10.2 Å². The molecule has 1 amide bonds. The molecule has 0 aliphatic heterocycles. The minimum atomic E-state index is -0.257. The zero-order chi connectivity index (χ0) is 11.4. The van der Waals surface area contributed by atoms with Crippen LogP contribution in [-0.2, 0) is 6.61 Å². The molecule has 16 heavy (non-hydrogen) atoms. The topological polar surface area (TPSA) is 78.0 Å². The number of hydrogen-bond acceptors (Lipinski definition) is 3. The van der Waals surface area contributed by atoms with Gasteiger partial charge in [0.05, 0.1) is 6.61 Å². The number of hydrogen-bond donors (Lipinski definition) is 3. The number of benzene rings is 1. The summed E-state index contributed by atoms with van der Waals surface area (Å²) in [6.07, 6.45) is 1.51. The summed E-state index contributed by atoms with van der Waals surface area (Å²) in [6, 6.07) is 8.62. The summed E-state index contributed by atoms with van der Waals surface area (Å²) < 4.78 is 0. The number of aliphatic hydroxyl groups excluding tert-OH is 1. The van der Waals surface area contributed by atoms with Gasteiger partial charge in [-0.15, -0.1) is 0 Å². The Hall–Kier alpha value is -2.14. The molecule has 0 saturated heterocycles. The summed E-state index contributed by atoms with van der Waals surface area (Å²) in [4.78, 5) is 11.6.